The van der Waals surface area contributed by atoms with Crippen LogP contribution in [-0.2, 0) is 11.3 Å². The maximum absolute atomic E-state index is 11.0. The zero-order chi connectivity index (χ0) is 13.9. The van der Waals surface area contributed by atoms with Crippen LogP contribution in [0.3, 0.4) is 0 Å². The highest BCUT2D eigenvalue weighted by Crippen LogP contribution is 2.25. The van der Waals surface area contributed by atoms with Crippen LogP contribution in [0.2, 0.25) is 0 Å². The van der Waals surface area contributed by atoms with Crippen LogP contribution < -0.4 is 5.32 Å². The molecule has 3 heterocycles. The van der Waals surface area contributed by atoms with Crippen molar-refractivity contribution in [2.45, 2.75) is 24.7 Å². The number of alkyl carbamates (subject to hydrolysis) is 1. The smallest absolute Gasteiger partial charge is 0.407 e. The molecule has 1 unspecified atom stereocenters. The molecule has 1 atom stereocenters. The third-order valence-corrected chi connectivity index (χ3v) is 4.02. The summed E-state index contributed by atoms with van der Waals surface area (Å²) in [5, 5.41) is 11.8. The number of cyclic esters (lactones) is 1. The summed E-state index contributed by atoms with van der Waals surface area (Å²) in [6.45, 7) is 3.31. The predicted octanol–water partition coefficient (Wildman–Crippen LogP) is 1.76. The lowest BCUT2D eigenvalue weighted by Gasteiger charge is -2.08. The molecule has 106 valence electrons. The summed E-state index contributed by atoms with van der Waals surface area (Å²) in [5.74, 6) is 2.05. The number of rotatable bonds is 5. The van der Waals surface area contributed by atoms with Crippen molar-refractivity contribution in [2.24, 2.45) is 0 Å². The molecule has 1 amide bonds. The SMILES string of the molecule is CCn1c(SCC2CNC(=O)O2)nnc1-c1ccco1. The number of nitrogens with zero attached hydrogens (tertiary/aromatic N) is 3. The van der Waals surface area contributed by atoms with E-state index in [9.17, 15) is 4.79 Å². The number of carbonyl (C=O) groups is 1. The number of thioether (sulfide) groups is 1. The summed E-state index contributed by atoms with van der Waals surface area (Å²) in [6, 6.07) is 3.67. The molecule has 0 spiro atoms. The molecule has 1 aliphatic rings. The number of amides is 1. The van der Waals surface area contributed by atoms with Crippen molar-refractivity contribution in [1.29, 1.82) is 0 Å². The predicted molar refractivity (Wildman–Crippen MR) is 72.4 cm³/mol. The van der Waals surface area contributed by atoms with Gasteiger partial charge in [-0.1, -0.05) is 11.8 Å². The van der Waals surface area contributed by atoms with E-state index in [1.807, 2.05) is 23.6 Å². The molecule has 7 nitrogen and oxygen atoms in total. The highest BCUT2D eigenvalue weighted by Gasteiger charge is 2.24. The first-order chi connectivity index (χ1) is 9.78. The third kappa shape index (κ3) is 2.51. The number of hydrogen-bond acceptors (Lipinski definition) is 6. The van der Waals surface area contributed by atoms with Gasteiger partial charge in [-0.15, -0.1) is 10.2 Å². The summed E-state index contributed by atoms with van der Waals surface area (Å²) in [4.78, 5) is 11.0. The summed E-state index contributed by atoms with van der Waals surface area (Å²) in [5.41, 5.74) is 0. The molecule has 0 radical (unpaired) electrons. The Morgan fingerprint density at radius 3 is 3.10 bits per heavy atom. The Balaban J connectivity index is 1.72. The van der Waals surface area contributed by atoms with Gasteiger partial charge in [0.2, 0.25) is 0 Å². The van der Waals surface area contributed by atoms with E-state index in [4.69, 9.17) is 9.15 Å². The van der Waals surface area contributed by atoms with Crippen molar-refractivity contribution < 1.29 is 13.9 Å². The Bertz CT molecular complexity index is 596. The molecule has 2 aromatic rings. The largest absolute Gasteiger partial charge is 0.461 e. The van der Waals surface area contributed by atoms with Gasteiger partial charge in [-0.25, -0.2) is 4.79 Å². The molecule has 8 heteroatoms. The van der Waals surface area contributed by atoms with Crippen LogP contribution in [0.25, 0.3) is 11.6 Å². The van der Waals surface area contributed by atoms with E-state index in [2.05, 4.69) is 15.5 Å². The fraction of sp³-hybridized carbons (Fsp3) is 0.417. The minimum Gasteiger partial charge on any atom is -0.461 e. The van der Waals surface area contributed by atoms with E-state index in [1.165, 1.54) is 11.8 Å². The molecule has 0 saturated carbocycles. The molecular formula is C12H14N4O3S. The first-order valence-corrected chi connectivity index (χ1v) is 7.31. The Hall–Kier alpha value is -1.96. The molecular weight excluding hydrogens is 280 g/mol. The Morgan fingerprint density at radius 2 is 2.45 bits per heavy atom. The third-order valence-electron chi connectivity index (χ3n) is 2.92. The molecule has 1 aliphatic heterocycles. The summed E-state index contributed by atoms with van der Waals surface area (Å²) < 4.78 is 12.4. The second-order valence-corrected chi connectivity index (χ2v) is 5.23. The molecule has 2 aromatic heterocycles. The van der Waals surface area contributed by atoms with E-state index < -0.39 is 0 Å². The van der Waals surface area contributed by atoms with Crippen molar-refractivity contribution in [3.05, 3.63) is 18.4 Å². The summed E-state index contributed by atoms with van der Waals surface area (Å²) >= 11 is 1.52. The number of carbonyl (C=O) groups excluding carboxylic acids is 1. The van der Waals surface area contributed by atoms with Crippen molar-refractivity contribution in [3.8, 4) is 11.6 Å². The lowest BCUT2D eigenvalue weighted by Crippen LogP contribution is -2.17. The highest BCUT2D eigenvalue weighted by molar-refractivity contribution is 7.99. The van der Waals surface area contributed by atoms with Crippen LogP contribution in [0.4, 0.5) is 4.79 Å². The van der Waals surface area contributed by atoms with Gasteiger partial charge in [-0.3, -0.25) is 4.57 Å². The first-order valence-electron chi connectivity index (χ1n) is 6.32. The zero-order valence-corrected chi connectivity index (χ0v) is 11.7. The topological polar surface area (TPSA) is 82.2 Å². The fourth-order valence-electron chi connectivity index (χ4n) is 1.96. The summed E-state index contributed by atoms with van der Waals surface area (Å²) in [7, 11) is 0. The van der Waals surface area contributed by atoms with Crippen LogP contribution in [0.5, 0.6) is 0 Å². The number of aromatic nitrogens is 3. The van der Waals surface area contributed by atoms with E-state index in [1.54, 1.807) is 6.26 Å². The highest BCUT2D eigenvalue weighted by atomic mass is 32.2. The number of furan rings is 1. The Kier molecular flexibility index (Phi) is 3.64. The normalized spacial score (nSPS) is 18.1. The standard InChI is InChI=1S/C12H14N4O3S/c1-2-16-10(9-4-3-5-18-9)14-15-11(16)20-7-8-6-13-12(17)19-8/h3-5,8H,2,6-7H2,1H3,(H,13,17). The van der Waals surface area contributed by atoms with Crippen LogP contribution in [0.1, 0.15) is 6.92 Å². The van der Waals surface area contributed by atoms with Crippen LogP contribution >= 0.6 is 11.8 Å². The second kappa shape index (κ2) is 5.58. The monoisotopic (exact) mass is 294 g/mol. The molecule has 1 fully saturated rings. The molecule has 20 heavy (non-hydrogen) atoms. The number of hydrogen-bond donors (Lipinski definition) is 1. The molecule has 0 bridgehead atoms. The van der Waals surface area contributed by atoms with E-state index >= 15 is 0 Å². The second-order valence-electron chi connectivity index (χ2n) is 4.25. The first kappa shape index (κ1) is 13.0. The van der Waals surface area contributed by atoms with E-state index in [0.717, 1.165) is 11.7 Å². The van der Waals surface area contributed by atoms with Gasteiger partial charge in [0.05, 0.1) is 12.8 Å². The van der Waals surface area contributed by atoms with Gasteiger partial charge in [0, 0.05) is 12.3 Å². The van der Waals surface area contributed by atoms with Crippen molar-refractivity contribution in [2.75, 3.05) is 12.3 Å². The van der Waals surface area contributed by atoms with Crippen molar-refractivity contribution >= 4 is 17.9 Å². The van der Waals surface area contributed by atoms with Crippen molar-refractivity contribution in [3.63, 3.8) is 0 Å². The maximum Gasteiger partial charge on any atom is 0.407 e. The average molecular weight is 294 g/mol. The molecule has 3 rings (SSSR count). The van der Waals surface area contributed by atoms with Gasteiger partial charge >= 0.3 is 6.09 Å². The number of nitrogens with one attached hydrogen (secondary N) is 1. The fourth-order valence-corrected chi connectivity index (χ4v) is 2.95. The molecule has 1 saturated heterocycles. The molecule has 0 aromatic carbocycles. The van der Waals surface area contributed by atoms with E-state index in [-0.39, 0.29) is 12.2 Å². The molecule has 0 aliphatic carbocycles. The zero-order valence-electron chi connectivity index (χ0n) is 10.9. The van der Waals surface area contributed by atoms with Gasteiger partial charge in [-0.2, -0.15) is 0 Å². The minimum atomic E-state index is -0.358. The number of ether oxygens (including phenoxy) is 1. The molecule has 1 N–H and O–H groups in total. The maximum atomic E-state index is 11.0. The van der Waals surface area contributed by atoms with Crippen molar-refractivity contribution in [1.82, 2.24) is 20.1 Å². The van der Waals surface area contributed by atoms with Gasteiger partial charge in [-0.05, 0) is 19.1 Å². The van der Waals surface area contributed by atoms with Gasteiger partial charge in [0.25, 0.3) is 0 Å². The van der Waals surface area contributed by atoms with Gasteiger partial charge in [0.15, 0.2) is 16.7 Å². The lowest BCUT2D eigenvalue weighted by atomic mass is 10.4. The van der Waals surface area contributed by atoms with Gasteiger partial charge in [0.1, 0.15) is 6.10 Å². The van der Waals surface area contributed by atoms with Crippen LogP contribution in [0, 0.1) is 0 Å². The summed E-state index contributed by atoms with van der Waals surface area (Å²) in [6.07, 6.45) is 1.13. The average Bonchev–Trinajstić information content (AvgIpc) is 3.16. The van der Waals surface area contributed by atoms with Gasteiger partial charge < -0.3 is 14.5 Å². The minimum absolute atomic E-state index is 0.124. The van der Waals surface area contributed by atoms with E-state index in [0.29, 0.717) is 23.9 Å². The van der Waals surface area contributed by atoms with Crippen LogP contribution in [0.15, 0.2) is 28.0 Å². The Labute approximate surface area is 119 Å². The quantitative estimate of drug-likeness (QED) is 0.846. The Morgan fingerprint density at radius 1 is 1.55 bits per heavy atom. The van der Waals surface area contributed by atoms with Crippen LogP contribution in [-0.4, -0.2) is 39.3 Å². The lowest BCUT2D eigenvalue weighted by molar-refractivity contribution is 0.150.